The van der Waals surface area contributed by atoms with Gasteiger partial charge >= 0.3 is 0 Å². The lowest BCUT2D eigenvalue weighted by Crippen LogP contribution is -2.33. The topological polar surface area (TPSA) is 58.4 Å². The summed E-state index contributed by atoms with van der Waals surface area (Å²) in [4.78, 5) is 13.8. The number of amides is 1. The third kappa shape index (κ3) is 5.19. The van der Waals surface area contributed by atoms with Crippen LogP contribution < -0.4 is 16.0 Å². The maximum Gasteiger partial charge on any atom is 0.224 e. The van der Waals surface area contributed by atoms with Crippen LogP contribution >= 0.6 is 0 Å². The molecule has 0 bridgehead atoms. The van der Waals surface area contributed by atoms with Gasteiger partial charge in [0.15, 0.2) is 0 Å². The second-order valence-corrected chi connectivity index (χ2v) is 5.48. The fourth-order valence-corrected chi connectivity index (χ4v) is 1.52. The first-order chi connectivity index (χ1) is 8.28. The summed E-state index contributed by atoms with van der Waals surface area (Å²) in [7, 11) is 3.94. The smallest absolute Gasteiger partial charge is 0.224 e. The van der Waals surface area contributed by atoms with Crippen LogP contribution in [0.2, 0.25) is 0 Å². The van der Waals surface area contributed by atoms with Gasteiger partial charge in [-0.25, -0.2) is 0 Å². The van der Waals surface area contributed by atoms with Gasteiger partial charge in [0.2, 0.25) is 5.91 Å². The van der Waals surface area contributed by atoms with Crippen molar-refractivity contribution in [1.82, 2.24) is 0 Å². The van der Waals surface area contributed by atoms with Crippen molar-refractivity contribution < 1.29 is 4.79 Å². The predicted molar refractivity (Wildman–Crippen MR) is 76.9 cm³/mol. The van der Waals surface area contributed by atoms with Gasteiger partial charge in [-0.05, 0) is 38.5 Å². The third-order valence-corrected chi connectivity index (χ3v) is 2.64. The van der Waals surface area contributed by atoms with Gasteiger partial charge in [-0.2, -0.15) is 0 Å². The molecule has 0 aliphatic heterocycles. The van der Waals surface area contributed by atoms with Gasteiger partial charge < -0.3 is 16.0 Å². The van der Waals surface area contributed by atoms with Gasteiger partial charge in [-0.1, -0.05) is 6.07 Å². The molecule has 100 valence electrons. The van der Waals surface area contributed by atoms with Crippen molar-refractivity contribution in [2.24, 2.45) is 5.73 Å². The number of benzene rings is 1. The molecule has 0 atom stereocenters. The Morgan fingerprint density at radius 1 is 1.39 bits per heavy atom. The lowest BCUT2D eigenvalue weighted by atomic mass is 10.00. The van der Waals surface area contributed by atoms with E-state index in [9.17, 15) is 4.79 Å². The first-order valence-corrected chi connectivity index (χ1v) is 6.14. The van der Waals surface area contributed by atoms with Crippen molar-refractivity contribution in [3.8, 4) is 0 Å². The molecule has 1 rings (SSSR count). The number of nitrogens with zero attached hydrogens (tertiary/aromatic N) is 1. The van der Waals surface area contributed by atoms with Gasteiger partial charge in [0.25, 0.3) is 0 Å². The molecule has 18 heavy (non-hydrogen) atoms. The molecule has 1 amide bonds. The number of nitrogens with one attached hydrogen (secondary N) is 1. The number of rotatable bonds is 5. The van der Waals surface area contributed by atoms with E-state index in [2.05, 4.69) is 5.32 Å². The summed E-state index contributed by atoms with van der Waals surface area (Å²) in [5.41, 5.74) is 7.43. The van der Waals surface area contributed by atoms with Crippen molar-refractivity contribution in [3.05, 3.63) is 24.3 Å². The van der Waals surface area contributed by atoms with Crippen LogP contribution in [-0.2, 0) is 4.79 Å². The first kappa shape index (κ1) is 14.5. The normalized spacial score (nSPS) is 11.2. The minimum absolute atomic E-state index is 0.00410. The largest absolute Gasteiger partial charge is 0.378 e. The maximum atomic E-state index is 11.8. The monoisotopic (exact) mass is 249 g/mol. The van der Waals surface area contributed by atoms with E-state index in [-0.39, 0.29) is 11.4 Å². The van der Waals surface area contributed by atoms with E-state index in [0.717, 1.165) is 11.4 Å². The zero-order valence-corrected chi connectivity index (χ0v) is 11.7. The highest BCUT2D eigenvalue weighted by molar-refractivity contribution is 5.91. The molecule has 4 nitrogen and oxygen atoms in total. The summed E-state index contributed by atoms with van der Waals surface area (Å²) in [6.07, 6.45) is 1.11. The van der Waals surface area contributed by atoms with E-state index in [0.29, 0.717) is 12.8 Å². The van der Waals surface area contributed by atoms with Crippen LogP contribution in [0.15, 0.2) is 24.3 Å². The van der Waals surface area contributed by atoms with Crippen LogP contribution in [0.5, 0.6) is 0 Å². The molecule has 4 heteroatoms. The first-order valence-electron chi connectivity index (χ1n) is 6.14. The summed E-state index contributed by atoms with van der Waals surface area (Å²) in [6, 6.07) is 7.76. The molecule has 1 aromatic rings. The molecular weight excluding hydrogens is 226 g/mol. The zero-order chi connectivity index (χ0) is 13.8. The number of anilines is 2. The number of hydrogen-bond donors (Lipinski definition) is 2. The van der Waals surface area contributed by atoms with Crippen LogP contribution in [0.1, 0.15) is 26.7 Å². The highest BCUT2D eigenvalue weighted by Gasteiger charge is 2.13. The van der Waals surface area contributed by atoms with Crippen LogP contribution in [0, 0.1) is 0 Å². The fourth-order valence-electron chi connectivity index (χ4n) is 1.52. The Kier molecular flexibility index (Phi) is 4.73. The number of nitrogens with two attached hydrogens (primary N) is 1. The van der Waals surface area contributed by atoms with Gasteiger partial charge in [0.1, 0.15) is 0 Å². The summed E-state index contributed by atoms with van der Waals surface area (Å²) in [6.45, 7) is 3.85. The van der Waals surface area contributed by atoms with Gasteiger partial charge in [-0.3, -0.25) is 4.79 Å². The zero-order valence-electron chi connectivity index (χ0n) is 11.7. The molecule has 0 spiro atoms. The van der Waals surface area contributed by atoms with Crippen molar-refractivity contribution >= 4 is 17.3 Å². The highest BCUT2D eigenvalue weighted by atomic mass is 16.1. The van der Waals surface area contributed by atoms with Crippen molar-refractivity contribution in [2.45, 2.75) is 32.2 Å². The molecule has 0 aliphatic carbocycles. The Labute approximate surface area is 109 Å². The Hall–Kier alpha value is -1.55. The molecular formula is C14H23N3O. The fraction of sp³-hybridized carbons (Fsp3) is 0.500. The standard InChI is InChI=1S/C14H23N3O/c1-14(2,15)9-8-13(18)16-11-6-5-7-12(10-11)17(3)4/h5-7,10H,8-9,15H2,1-4H3,(H,16,18). The summed E-state index contributed by atoms with van der Waals surface area (Å²) in [5, 5.41) is 2.89. The number of hydrogen-bond acceptors (Lipinski definition) is 3. The predicted octanol–water partition coefficient (Wildman–Crippen LogP) is 2.21. The minimum Gasteiger partial charge on any atom is -0.378 e. The van der Waals surface area contributed by atoms with Crippen molar-refractivity contribution in [1.29, 1.82) is 0 Å². The molecule has 3 N–H and O–H groups in total. The van der Waals surface area contributed by atoms with Crippen LogP contribution in [-0.4, -0.2) is 25.5 Å². The molecule has 0 radical (unpaired) electrons. The molecule has 0 heterocycles. The minimum atomic E-state index is -0.303. The molecule has 1 aromatic carbocycles. The van der Waals surface area contributed by atoms with E-state index in [4.69, 9.17) is 5.73 Å². The molecule has 0 unspecified atom stereocenters. The quantitative estimate of drug-likeness (QED) is 0.841. The van der Waals surface area contributed by atoms with Crippen molar-refractivity contribution in [3.63, 3.8) is 0 Å². The number of carbonyl (C=O) groups is 1. The summed E-state index contributed by atoms with van der Waals surface area (Å²) >= 11 is 0. The highest BCUT2D eigenvalue weighted by Crippen LogP contribution is 2.18. The van der Waals surface area contributed by atoms with E-state index < -0.39 is 0 Å². The lowest BCUT2D eigenvalue weighted by Gasteiger charge is -2.18. The van der Waals surface area contributed by atoms with Gasteiger partial charge in [-0.15, -0.1) is 0 Å². The molecule has 0 saturated heterocycles. The van der Waals surface area contributed by atoms with Crippen LogP contribution in [0.3, 0.4) is 0 Å². The van der Waals surface area contributed by atoms with Gasteiger partial charge in [0, 0.05) is 37.4 Å². The third-order valence-electron chi connectivity index (χ3n) is 2.64. The lowest BCUT2D eigenvalue weighted by molar-refractivity contribution is -0.116. The Morgan fingerprint density at radius 3 is 2.61 bits per heavy atom. The summed E-state index contributed by atoms with van der Waals surface area (Å²) < 4.78 is 0. The Bertz CT molecular complexity index is 408. The Balaban J connectivity index is 2.57. The molecule has 0 saturated carbocycles. The van der Waals surface area contributed by atoms with Crippen molar-refractivity contribution in [2.75, 3.05) is 24.3 Å². The number of carbonyl (C=O) groups excluding carboxylic acids is 1. The average Bonchev–Trinajstić information content (AvgIpc) is 2.26. The van der Waals surface area contributed by atoms with E-state index in [1.807, 2.05) is 57.1 Å². The van der Waals surface area contributed by atoms with Crippen LogP contribution in [0.25, 0.3) is 0 Å². The van der Waals surface area contributed by atoms with Gasteiger partial charge in [0.05, 0.1) is 0 Å². The van der Waals surface area contributed by atoms with E-state index in [1.165, 1.54) is 0 Å². The molecule has 0 aliphatic rings. The molecule has 0 fully saturated rings. The summed E-state index contributed by atoms with van der Waals surface area (Å²) in [5.74, 6) is 0.00410. The molecule has 0 aromatic heterocycles. The average molecular weight is 249 g/mol. The van der Waals surface area contributed by atoms with Crippen LogP contribution in [0.4, 0.5) is 11.4 Å². The van der Waals surface area contributed by atoms with E-state index in [1.54, 1.807) is 0 Å². The second-order valence-electron chi connectivity index (χ2n) is 5.48. The van der Waals surface area contributed by atoms with E-state index >= 15 is 0 Å². The SMILES string of the molecule is CN(C)c1cccc(NC(=O)CCC(C)(C)N)c1. The second kappa shape index (κ2) is 5.87. The Morgan fingerprint density at radius 2 is 2.06 bits per heavy atom. The maximum absolute atomic E-state index is 11.8.